The average Bonchev–Trinajstić information content (AvgIpc) is 3.02. The van der Waals surface area contributed by atoms with Crippen molar-refractivity contribution in [3.63, 3.8) is 0 Å². The smallest absolute Gasteiger partial charge is 0.321 e. The fraction of sp³-hybridized carbons (Fsp3) is 0.375. The first-order chi connectivity index (χ1) is 10.1. The molecule has 0 radical (unpaired) electrons. The Hall–Kier alpha value is -2.14. The van der Waals surface area contributed by atoms with Gasteiger partial charge in [0.15, 0.2) is 0 Å². The summed E-state index contributed by atoms with van der Waals surface area (Å²) in [4.78, 5) is 11.3. The van der Waals surface area contributed by atoms with E-state index in [1.807, 2.05) is 36.4 Å². The molecule has 1 aliphatic carbocycles. The van der Waals surface area contributed by atoms with Crippen molar-refractivity contribution in [2.75, 3.05) is 0 Å². The quantitative estimate of drug-likeness (QED) is 0.761. The number of aromatic amines is 1. The minimum absolute atomic E-state index is 0.249. The van der Waals surface area contributed by atoms with Gasteiger partial charge in [0.25, 0.3) is 0 Å². The van der Waals surface area contributed by atoms with Gasteiger partial charge in [-0.15, -0.1) is 0 Å². The van der Waals surface area contributed by atoms with Crippen molar-refractivity contribution in [2.24, 2.45) is 11.8 Å². The Bertz CT molecular complexity index is 623. The number of carboxylic acid groups (broad SMARTS) is 1. The summed E-state index contributed by atoms with van der Waals surface area (Å²) in [6.45, 7) is 2.58. The molecule has 1 fully saturated rings. The van der Waals surface area contributed by atoms with Crippen LogP contribution in [0.15, 0.2) is 36.4 Å². The lowest BCUT2D eigenvalue weighted by molar-refractivity contribution is -0.140. The van der Waals surface area contributed by atoms with Crippen molar-refractivity contribution in [3.8, 4) is 11.3 Å². The second-order valence-corrected chi connectivity index (χ2v) is 5.72. The van der Waals surface area contributed by atoms with Crippen molar-refractivity contribution >= 4 is 5.97 Å². The number of carboxylic acids is 1. The van der Waals surface area contributed by atoms with Crippen LogP contribution in [0.25, 0.3) is 11.3 Å². The van der Waals surface area contributed by atoms with Gasteiger partial charge in [-0.05, 0) is 24.3 Å². The molecule has 5 heteroatoms. The Morgan fingerprint density at radius 1 is 1.48 bits per heavy atom. The number of hydrogen-bond donors (Lipinski definition) is 3. The van der Waals surface area contributed by atoms with Gasteiger partial charge in [0.2, 0.25) is 0 Å². The Morgan fingerprint density at radius 2 is 2.19 bits per heavy atom. The second kappa shape index (κ2) is 5.69. The van der Waals surface area contributed by atoms with Gasteiger partial charge in [-0.3, -0.25) is 15.2 Å². The number of nitrogens with one attached hydrogen (secondary N) is 2. The lowest BCUT2D eigenvalue weighted by Gasteiger charge is -2.12. The third-order valence-corrected chi connectivity index (χ3v) is 4.08. The number of rotatable bonds is 6. The topological polar surface area (TPSA) is 78.0 Å². The van der Waals surface area contributed by atoms with Crippen LogP contribution in [0.2, 0.25) is 0 Å². The SMILES string of the molecule is CC1CC1C(NCc1cc(-c2ccccc2)n[nH]1)C(=O)O. The third-order valence-electron chi connectivity index (χ3n) is 4.08. The molecule has 21 heavy (non-hydrogen) atoms. The number of nitrogens with zero attached hydrogens (tertiary/aromatic N) is 1. The molecule has 0 spiro atoms. The van der Waals surface area contributed by atoms with Crippen molar-refractivity contribution in [1.29, 1.82) is 0 Å². The lowest BCUT2D eigenvalue weighted by atomic mass is 10.1. The Labute approximate surface area is 123 Å². The van der Waals surface area contributed by atoms with Gasteiger partial charge >= 0.3 is 5.97 Å². The fourth-order valence-electron chi connectivity index (χ4n) is 2.67. The van der Waals surface area contributed by atoms with E-state index in [9.17, 15) is 9.90 Å². The molecule has 5 nitrogen and oxygen atoms in total. The minimum atomic E-state index is -0.771. The van der Waals surface area contributed by atoms with Crippen molar-refractivity contribution in [2.45, 2.75) is 25.9 Å². The molecule has 3 N–H and O–H groups in total. The molecule has 3 unspecified atom stereocenters. The summed E-state index contributed by atoms with van der Waals surface area (Å²) >= 11 is 0. The van der Waals surface area contributed by atoms with E-state index >= 15 is 0 Å². The lowest BCUT2D eigenvalue weighted by Crippen LogP contribution is -2.38. The predicted molar refractivity (Wildman–Crippen MR) is 79.6 cm³/mol. The molecule has 0 aliphatic heterocycles. The largest absolute Gasteiger partial charge is 0.480 e. The van der Waals surface area contributed by atoms with Crippen LogP contribution < -0.4 is 5.32 Å². The van der Waals surface area contributed by atoms with Gasteiger partial charge < -0.3 is 5.11 Å². The maximum atomic E-state index is 11.3. The van der Waals surface area contributed by atoms with Crippen LogP contribution in [0, 0.1) is 11.8 Å². The van der Waals surface area contributed by atoms with Gasteiger partial charge in [-0.25, -0.2) is 0 Å². The number of carbonyl (C=O) groups is 1. The maximum Gasteiger partial charge on any atom is 0.321 e. The highest BCUT2D eigenvalue weighted by Crippen LogP contribution is 2.40. The molecule has 0 amide bonds. The van der Waals surface area contributed by atoms with E-state index in [-0.39, 0.29) is 5.92 Å². The summed E-state index contributed by atoms with van der Waals surface area (Å²) in [5.74, 6) is -0.0218. The van der Waals surface area contributed by atoms with Gasteiger partial charge in [0.1, 0.15) is 6.04 Å². The fourth-order valence-corrected chi connectivity index (χ4v) is 2.67. The van der Waals surface area contributed by atoms with E-state index in [1.54, 1.807) is 0 Å². The molecule has 1 aliphatic rings. The highest BCUT2D eigenvalue weighted by molar-refractivity contribution is 5.74. The van der Waals surface area contributed by atoms with Crippen molar-refractivity contribution in [3.05, 3.63) is 42.1 Å². The highest BCUT2D eigenvalue weighted by Gasteiger charge is 2.42. The monoisotopic (exact) mass is 285 g/mol. The van der Waals surface area contributed by atoms with Gasteiger partial charge in [-0.1, -0.05) is 37.3 Å². The highest BCUT2D eigenvalue weighted by atomic mass is 16.4. The van der Waals surface area contributed by atoms with Gasteiger partial charge in [0, 0.05) is 17.8 Å². The first kappa shape index (κ1) is 13.8. The Morgan fingerprint density at radius 3 is 2.81 bits per heavy atom. The molecule has 2 aromatic rings. The van der Waals surface area contributed by atoms with E-state index in [0.717, 1.165) is 23.4 Å². The van der Waals surface area contributed by atoms with E-state index < -0.39 is 12.0 Å². The third kappa shape index (κ3) is 3.13. The Kier molecular flexibility index (Phi) is 3.75. The molecule has 3 rings (SSSR count). The first-order valence-corrected chi connectivity index (χ1v) is 7.21. The molecule has 3 atom stereocenters. The van der Waals surface area contributed by atoms with E-state index in [1.165, 1.54) is 0 Å². The van der Waals surface area contributed by atoms with Gasteiger partial charge in [-0.2, -0.15) is 5.10 Å². The molecule has 1 aromatic heterocycles. The van der Waals surface area contributed by atoms with Crippen LogP contribution in [0.4, 0.5) is 0 Å². The molecule has 110 valence electrons. The van der Waals surface area contributed by atoms with Crippen LogP contribution in [0.5, 0.6) is 0 Å². The van der Waals surface area contributed by atoms with Crippen LogP contribution >= 0.6 is 0 Å². The maximum absolute atomic E-state index is 11.3. The van der Waals surface area contributed by atoms with E-state index in [2.05, 4.69) is 22.4 Å². The number of H-pyrrole nitrogens is 1. The van der Waals surface area contributed by atoms with Crippen molar-refractivity contribution in [1.82, 2.24) is 15.5 Å². The summed E-state index contributed by atoms with van der Waals surface area (Å²) in [5, 5.41) is 19.6. The summed E-state index contributed by atoms with van der Waals surface area (Å²) in [5.41, 5.74) is 2.82. The molecule has 1 saturated carbocycles. The average molecular weight is 285 g/mol. The summed E-state index contributed by atoms with van der Waals surface area (Å²) in [7, 11) is 0. The van der Waals surface area contributed by atoms with Crippen molar-refractivity contribution < 1.29 is 9.90 Å². The zero-order chi connectivity index (χ0) is 14.8. The molecule has 1 heterocycles. The Balaban J connectivity index is 1.63. The molecule has 0 saturated heterocycles. The van der Waals surface area contributed by atoms with E-state index in [0.29, 0.717) is 12.5 Å². The van der Waals surface area contributed by atoms with E-state index in [4.69, 9.17) is 0 Å². The summed E-state index contributed by atoms with van der Waals surface area (Å²) in [6.07, 6.45) is 0.988. The molecular weight excluding hydrogens is 266 g/mol. The molecule has 1 aromatic carbocycles. The van der Waals surface area contributed by atoms with Crippen LogP contribution in [0.1, 0.15) is 19.0 Å². The van der Waals surface area contributed by atoms with Crippen LogP contribution in [0.3, 0.4) is 0 Å². The molecule has 0 bridgehead atoms. The van der Waals surface area contributed by atoms with Crippen LogP contribution in [-0.2, 0) is 11.3 Å². The zero-order valence-corrected chi connectivity index (χ0v) is 11.9. The zero-order valence-electron chi connectivity index (χ0n) is 11.9. The normalized spacial score (nSPS) is 22.0. The minimum Gasteiger partial charge on any atom is -0.480 e. The second-order valence-electron chi connectivity index (χ2n) is 5.72. The number of benzene rings is 1. The number of aromatic nitrogens is 2. The number of aliphatic carboxylic acids is 1. The number of hydrogen-bond acceptors (Lipinski definition) is 3. The van der Waals surface area contributed by atoms with Gasteiger partial charge in [0.05, 0.1) is 5.69 Å². The summed E-state index contributed by atoms with van der Waals surface area (Å²) < 4.78 is 0. The summed E-state index contributed by atoms with van der Waals surface area (Å²) in [6, 6.07) is 11.4. The molecular formula is C16H19N3O2. The van der Waals surface area contributed by atoms with Crippen LogP contribution in [-0.4, -0.2) is 27.3 Å². The first-order valence-electron chi connectivity index (χ1n) is 7.21. The predicted octanol–water partition coefficient (Wildman–Crippen LogP) is 2.28. The standard InChI is InChI=1S/C16H19N3O2/c1-10-7-13(10)15(16(20)21)17-9-12-8-14(19-18-12)11-5-3-2-4-6-11/h2-6,8,10,13,15,17H,7,9H2,1H3,(H,18,19)(H,20,21).